The van der Waals surface area contributed by atoms with Gasteiger partial charge in [0.05, 0.1) is 16.3 Å². The number of hydrogen-bond donors (Lipinski definition) is 1. The van der Waals surface area contributed by atoms with Crippen LogP contribution < -0.4 is 9.62 Å². The summed E-state index contributed by atoms with van der Waals surface area (Å²) in [6.45, 7) is 2.10. The summed E-state index contributed by atoms with van der Waals surface area (Å²) < 4.78 is 32.9. The van der Waals surface area contributed by atoms with E-state index in [0.717, 1.165) is 18.4 Å². The first kappa shape index (κ1) is 22.4. The van der Waals surface area contributed by atoms with E-state index in [0.29, 0.717) is 48.6 Å². The minimum absolute atomic E-state index is 0.191. The van der Waals surface area contributed by atoms with E-state index >= 15 is 0 Å². The van der Waals surface area contributed by atoms with Crippen LogP contribution in [-0.4, -0.2) is 52.0 Å². The molecule has 0 aromatic heterocycles. The number of carbonyl (C=O) groups is 1. The SMILES string of the molecule is CN1CCN(c2ccc(Cl)c(C(=O)Nc3cc(Cl)cc(C4CCOCC4)c3)c2)S1(=O)=O. The maximum absolute atomic E-state index is 13.0. The van der Waals surface area contributed by atoms with Crippen LogP contribution in [-0.2, 0) is 14.9 Å². The summed E-state index contributed by atoms with van der Waals surface area (Å²) >= 11 is 12.6. The lowest BCUT2D eigenvalue weighted by molar-refractivity contribution is 0.0853. The molecule has 0 radical (unpaired) electrons. The fraction of sp³-hybridized carbons (Fsp3) is 0.381. The minimum Gasteiger partial charge on any atom is -0.381 e. The highest BCUT2D eigenvalue weighted by atomic mass is 35.5. The molecule has 2 heterocycles. The third kappa shape index (κ3) is 4.68. The Bertz CT molecular complexity index is 1100. The van der Waals surface area contributed by atoms with Crippen LogP contribution in [0.4, 0.5) is 11.4 Å². The third-order valence-electron chi connectivity index (χ3n) is 5.64. The molecule has 0 unspecified atom stereocenters. The second kappa shape index (κ2) is 8.96. The Labute approximate surface area is 192 Å². The second-order valence-corrected chi connectivity index (χ2v) is 10.5. The quantitative estimate of drug-likeness (QED) is 0.708. The lowest BCUT2D eigenvalue weighted by atomic mass is 9.91. The van der Waals surface area contributed by atoms with E-state index in [1.807, 2.05) is 12.1 Å². The number of nitrogens with zero attached hydrogens (tertiary/aromatic N) is 2. The predicted octanol–water partition coefficient (Wildman–Crippen LogP) is 4.14. The van der Waals surface area contributed by atoms with Crippen LogP contribution in [0.15, 0.2) is 36.4 Å². The van der Waals surface area contributed by atoms with Crippen molar-refractivity contribution in [3.05, 3.63) is 57.6 Å². The van der Waals surface area contributed by atoms with Crippen LogP contribution in [0.5, 0.6) is 0 Å². The van der Waals surface area contributed by atoms with E-state index in [1.165, 1.54) is 27.8 Å². The fourth-order valence-corrected chi connectivity index (χ4v) is 5.67. The van der Waals surface area contributed by atoms with Gasteiger partial charge in [0.2, 0.25) is 0 Å². The van der Waals surface area contributed by atoms with Crippen molar-refractivity contribution in [1.29, 1.82) is 0 Å². The smallest absolute Gasteiger partial charge is 0.303 e. The van der Waals surface area contributed by atoms with Gasteiger partial charge in [-0.05, 0) is 60.7 Å². The number of nitrogens with one attached hydrogen (secondary N) is 1. The van der Waals surface area contributed by atoms with E-state index in [2.05, 4.69) is 5.32 Å². The highest BCUT2D eigenvalue weighted by Crippen LogP contribution is 2.32. The third-order valence-corrected chi connectivity index (χ3v) is 8.11. The molecular formula is C21H23Cl2N3O4S. The van der Waals surface area contributed by atoms with Gasteiger partial charge in [-0.3, -0.25) is 9.10 Å². The molecule has 31 heavy (non-hydrogen) atoms. The van der Waals surface area contributed by atoms with E-state index in [1.54, 1.807) is 12.1 Å². The summed E-state index contributed by atoms with van der Waals surface area (Å²) in [5, 5.41) is 3.62. The Morgan fingerprint density at radius 2 is 1.84 bits per heavy atom. The van der Waals surface area contributed by atoms with Gasteiger partial charge >= 0.3 is 10.2 Å². The molecule has 0 saturated carbocycles. The van der Waals surface area contributed by atoms with E-state index in [4.69, 9.17) is 27.9 Å². The van der Waals surface area contributed by atoms with Gasteiger partial charge in [0.1, 0.15) is 0 Å². The minimum atomic E-state index is -3.59. The summed E-state index contributed by atoms with van der Waals surface area (Å²) in [7, 11) is -2.07. The molecule has 0 spiro atoms. The summed E-state index contributed by atoms with van der Waals surface area (Å²) in [4.78, 5) is 13.0. The number of likely N-dealkylation sites (N-methyl/N-ethyl adjacent to an activating group) is 1. The van der Waals surface area contributed by atoms with Gasteiger partial charge in [0, 0.05) is 44.1 Å². The lowest BCUT2D eigenvalue weighted by Crippen LogP contribution is -2.30. The van der Waals surface area contributed by atoms with E-state index in [-0.39, 0.29) is 10.6 Å². The average molecular weight is 484 g/mol. The molecule has 2 aromatic carbocycles. The molecule has 1 N–H and O–H groups in total. The molecule has 2 aliphatic rings. The first-order valence-electron chi connectivity index (χ1n) is 9.99. The number of benzene rings is 2. The largest absolute Gasteiger partial charge is 0.381 e. The molecule has 10 heteroatoms. The number of hydrogen-bond acceptors (Lipinski definition) is 4. The van der Waals surface area contributed by atoms with Crippen LogP contribution in [0.1, 0.15) is 34.7 Å². The molecule has 4 rings (SSSR count). The van der Waals surface area contributed by atoms with Crippen molar-refractivity contribution in [2.75, 3.05) is 43.0 Å². The monoisotopic (exact) mass is 483 g/mol. The predicted molar refractivity (Wildman–Crippen MR) is 123 cm³/mol. The zero-order valence-electron chi connectivity index (χ0n) is 17.0. The van der Waals surface area contributed by atoms with Crippen molar-refractivity contribution < 1.29 is 17.9 Å². The van der Waals surface area contributed by atoms with Crippen molar-refractivity contribution in [1.82, 2.24) is 4.31 Å². The van der Waals surface area contributed by atoms with Crippen molar-refractivity contribution in [2.45, 2.75) is 18.8 Å². The van der Waals surface area contributed by atoms with Crippen LogP contribution >= 0.6 is 23.2 Å². The van der Waals surface area contributed by atoms with E-state index in [9.17, 15) is 13.2 Å². The highest BCUT2D eigenvalue weighted by molar-refractivity contribution is 7.90. The van der Waals surface area contributed by atoms with Gasteiger partial charge in [-0.2, -0.15) is 12.7 Å². The summed E-state index contributed by atoms with van der Waals surface area (Å²) in [6, 6.07) is 10.1. The van der Waals surface area contributed by atoms with Crippen molar-refractivity contribution in [3.63, 3.8) is 0 Å². The zero-order chi connectivity index (χ0) is 22.2. The molecule has 0 atom stereocenters. The van der Waals surface area contributed by atoms with E-state index < -0.39 is 16.1 Å². The maximum atomic E-state index is 13.0. The molecule has 2 aliphatic heterocycles. The summed E-state index contributed by atoms with van der Waals surface area (Å²) in [5.41, 5.74) is 2.20. The molecule has 0 aliphatic carbocycles. The molecule has 7 nitrogen and oxygen atoms in total. The van der Waals surface area contributed by atoms with Crippen molar-refractivity contribution in [2.24, 2.45) is 0 Å². The molecule has 1 amide bonds. The maximum Gasteiger partial charge on any atom is 0.303 e. The topological polar surface area (TPSA) is 79.0 Å². The number of halogens is 2. The Morgan fingerprint density at radius 3 is 2.52 bits per heavy atom. The molecule has 0 bridgehead atoms. The van der Waals surface area contributed by atoms with Gasteiger partial charge in [-0.1, -0.05) is 23.2 Å². The molecule has 2 aromatic rings. The van der Waals surface area contributed by atoms with Gasteiger partial charge in [-0.15, -0.1) is 0 Å². The Hall–Kier alpha value is -1.84. The normalized spacial score (nSPS) is 19.5. The van der Waals surface area contributed by atoms with Crippen molar-refractivity contribution >= 4 is 50.7 Å². The van der Waals surface area contributed by atoms with Crippen LogP contribution in [0, 0.1) is 0 Å². The first-order valence-corrected chi connectivity index (χ1v) is 12.1. The van der Waals surface area contributed by atoms with Gasteiger partial charge in [0.25, 0.3) is 5.91 Å². The Kier molecular flexibility index (Phi) is 6.46. The number of amides is 1. The number of ether oxygens (including phenoxy) is 1. The standard InChI is InChI=1S/C21H23Cl2N3O4S/c1-25-6-7-26(31(25,28)29)18-2-3-20(23)19(13-18)21(27)24-17-11-15(10-16(22)12-17)14-4-8-30-9-5-14/h2-3,10-14H,4-9H2,1H3,(H,24,27). The number of rotatable bonds is 4. The van der Waals surface area contributed by atoms with Crippen LogP contribution in [0.2, 0.25) is 10.0 Å². The average Bonchev–Trinajstić information content (AvgIpc) is 3.01. The number of anilines is 2. The van der Waals surface area contributed by atoms with Gasteiger partial charge < -0.3 is 10.1 Å². The summed E-state index contributed by atoms with van der Waals surface area (Å²) in [6.07, 6.45) is 1.81. The first-order chi connectivity index (χ1) is 14.8. The van der Waals surface area contributed by atoms with Gasteiger partial charge in [-0.25, -0.2) is 0 Å². The van der Waals surface area contributed by atoms with Gasteiger partial charge in [0.15, 0.2) is 0 Å². The van der Waals surface area contributed by atoms with Crippen LogP contribution in [0.3, 0.4) is 0 Å². The van der Waals surface area contributed by atoms with Crippen LogP contribution in [0.25, 0.3) is 0 Å². The molecule has 166 valence electrons. The highest BCUT2D eigenvalue weighted by Gasteiger charge is 2.34. The Morgan fingerprint density at radius 1 is 1.10 bits per heavy atom. The summed E-state index contributed by atoms with van der Waals surface area (Å²) in [5.74, 6) is -0.107. The molecule has 2 saturated heterocycles. The Balaban J connectivity index is 1.58. The lowest BCUT2D eigenvalue weighted by Gasteiger charge is -2.23. The fourth-order valence-electron chi connectivity index (χ4n) is 3.88. The molecule has 2 fully saturated rings. The second-order valence-electron chi connectivity index (χ2n) is 7.68. The van der Waals surface area contributed by atoms with Crippen molar-refractivity contribution in [3.8, 4) is 0 Å². The zero-order valence-corrected chi connectivity index (χ0v) is 19.3. The molecular weight excluding hydrogens is 461 g/mol. The number of carbonyl (C=O) groups excluding carboxylic acids is 1.